The summed E-state index contributed by atoms with van der Waals surface area (Å²) in [6.07, 6.45) is 3.62. The highest BCUT2D eigenvalue weighted by molar-refractivity contribution is 5.95. The van der Waals surface area contributed by atoms with E-state index in [4.69, 9.17) is 15.2 Å². The van der Waals surface area contributed by atoms with Crippen LogP contribution in [0, 0.1) is 50.2 Å². The smallest absolute Gasteiger partial charge is 0.311 e. The lowest BCUT2D eigenvalue weighted by molar-refractivity contribution is -0.678. The molecule has 2 aliphatic heterocycles. The molecule has 4 aliphatic rings. The summed E-state index contributed by atoms with van der Waals surface area (Å²) in [5.74, 6) is -0.315. The highest BCUT2D eigenvalue weighted by Gasteiger charge is 3.03. The number of nitrogens with one attached hydrogen (secondary N) is 1. The summed E-state index contributed by atoms with van der Waals surface area (Å²) in [5, 5.41) is 20.2. The van der Waals surface area contributed by atoms with Gasteiger partial charge in [0, 0.05) is 5.41 Å². The van der Waals surface area contributed by atoms with E-state index in [1.54, 1.807) is 0 Å². The first-order chi connectivity index (χ1) is 11.3. The fourth-order valence-electron chi connectivity index (χ4n) is 6.02. The molecule has 6 heteroatoms. The first-order valence-corrected chi connectivity index (χ1v) is 8.78. The average molecular weight is 329 g/mol. The van der Waals surface area contributed by atoms with E-state index >= 15 is 0 Å². The van der Waals surface area contributed by atoms with Gasteiger partial charge in [-0.15, -0.1) is 0 Å². The van der Waals surface area contributed by atoms with Gasteiger partial charge in [0.1, 0.15) is 0 Å². The number of nitrogens with two attached hydrogens (primary N) is 1. The Morgan fingerprint density at radius 3 is 2.17 bits per heavy atom. The number of hydrogen-bond acceptors (Lipinski definition) is 5. The normalized spacial score (nSPS) is 45.5. The fraction of sp³-hybridized carbons (Fsp3) is 0.833. The zero-order valence-corrected chi connectivity index (χ0v) is 14.6. The lowest BCUT2D eigenvalue weighted by Crippen LogP contribution is -2.90. The van der Waals surface area contributed by atoms with Crippen LogP contribution in [0.2, 0.25) is 0 Å². The standard InChI is InChI=1S/C18H24N4O2/c1-14(2,3)12-4-6-15(7-5-12)16(10-19)13(21)22-18(17(15,16)11-20)23-8-9-24-18/h12H,4-9H2,1-3H3,(H2,21,22)/p+1/t12?,15?,16-,17+/m0/s1. The SMILES string of the molecule is CC(C)(C)C1CCC2(CC1)[C@@]1(C#N)C3([NH+]=C(N)[C@@]21C#N)OCCO3. The number of rotatable bonds is 0. The summed E-state index contributed by atoms with van der Waals surface area (Å²) < 4.78 is 11.7. The van der Waals surface area contributed by atoms with Gasteiger partial charge >= 0.3 is 5.91 Å². The minimum Gasteiger partial charge on any atom is -0.311 e. The van der Waals surface area contributed by atoms with Crippen LogP contribution >= 0.6 is 0 Å². The van der Waals surface area contributed by atoms with Crippen molar-refractivity contribution in [2.45, 2.75) is 52.4 Å². The van der Waals surface area contributed by atoms with Crippen LogP contribution < -0.4 is 10.7 Å². The monoisotopic (exact) mass is 329 g/mol. The highest BCUT2D eigenvalue weighted by Crippen LogP contribution is 2.86. The molecule has 0 aromatic heterocycles. The molecule has 0 aromatic rings. The van der Waals surface area contributed by atoms with Gasteiger partial charge in [-0.3, -0.25) is 5.73 Å². The second-order valence-corrected chi connectivity index (χ2v) is 8.80. The number of fused-ring (bicyclic) bond motifs is 4. The van der Waals surface area contributed by atoms with Crippen molar-refractivity contribution in [3.63, 3.8) is 0 Å². The minimum atomic E-state index is -1.25. The molecule has 4 rings (SSSR count). The molecule has 128 valence electrons. The number of amidine groups is 1. The van der Waals surface area contributed by atoms with Crippen LogP contribution in [0.3, 0.4) is 0 Å². The molecule has 24 heavy (non-hydrogen) atoms. The number of nitriles is 2. The van der Waals surface area contributed by atoms with Crippen molar-refractivity contribution in [2.75, 3.05) is 13.2 Å². The third kappa shape index (κ3) is 1.31. The van der Waals surface area contributed by atoms with Gasteiger partial charge in [0.2, 0.25) is 0 Å². The second-order valence-electron chi connectivity index (χ2n) is 8.80. The Labute approximate surface area is 142 Å². The summed E-state index contributed by atoms with van der Waals surface area (Å²) >= 11 is 0. The second kappa shape index (κ2) is 4.31. The van der Waals surface area contributed by atoms with Crippen molar-refractivity contribution >= 4 is 5.84 Å². The van der Waals surface area contributed by atoms with Crippen molar-refractivity contribution in [3.8, 4) is 12.1 Å². The molecule has 0 bridgehead atoms. The maximum Gasteiger partial charge on any atom is 0.343 e. The molecule has 2 atom stereocenters. The average Bonchev–Trinajstić information content (AvgIpc) is 2.82. The van der Waals surface area contributed by atoms with Crippen molar-refractivity contribution < 1.29 is 14.5 Å². The van der Waals surface area contributed by atoms with Crippen LogP contribution in [-0.4, -0.2) is 25.0 Å². The van der Waals surface area contributed by atoms with E-state index in [1.807, 2.05) is 0 Å². The molecule has 2 heterocycles. The predicted octanol–water partition coefficient (Wildman–Crippen LogP) is 0.395. The van der Waals surface area contributed by atoms with E-state index in [0.717, 1.165) is 25.7 Å². The van der Waals surface area contributed by atoms with Gasteiger partial charge in [0.05, 0.1) is 25.4 Å². The molecule has 6 nitrogen and oxygen atoms in total. The summed E-state index contributed by atoms with van der Waals surface area (Å²) in [7, 11) is 0. The Bertz CT molecular complexity index is 696. The van der Waals surface area contributed by atoms with Crippen molar-refractivity contribution in [1.82, 2.24) is 0 Å². The van der Waals surface area contributed by atoms with Crippen molar-refractivity contribution in [1.29, 1.82) is 10.5 Å². The van der Waals surface area contributed by atoms with Crippen LogP contribution in [0.5, 0.6) is 0 Å². The molecule has 2 saturated carbocycles. The van der Waals surface area contributed by atoms with Crippen LogP contribution in [0.1, 0.15) is 46.5 Å². The molecule has 2 aliphatic carbocycles. The number of hydrogen-bond donors (Lipinski definition) is 2. The molecule has 0 amide bonds. The zero-order chi connectivity index (χ0) is 17.4. The van der Waals surface area contributed by atoms with Gasteiger partial charge in [-0.1, -0.05) is 20.8 Å². The molecule has 0 aromatic carbocycles. The van der Waals surface area contributed by atoms with Gasteiger partial charge < -0.3 is 9.47 Å². The third-order valence-electron chi connectivity index (χ3n) is 7.23. The Balaban J connectivity index is 1.78. The summed E-state index contributed by atoms with van der Waals surface area (Å²) in [5.41, 5.74) is 3.98. The van der Waals surface area contributed by atoms with Gasteiger partial charge in [-0.2, -0.15) is 10.5 Å². The topological polar surface area (TPSA) is 106 Å². The lowest BCUT2D eigenvalue weighted by Gasteiger charge is -2.40. The van der Waals surface area contributed by atoms with Gasteiger partial charge in [-0.25, -0.2) is 4.99 Å². The molecule has 1 saturated heterocycles. The largest absolute Gasteiger partial charge is 0.343 e. The van der Waals surface area contributed by atoms with Crippen LogP contribution in [-0.2, 0) is 9.47 Å². The summed E-state index contributed by atoms with van der Waals surface area (Å²) in [6.45, 7) is 7.60. The first kappa shape index (κ1) is 15.9. The first-order valence-electron chi connectivity index (χ1n) is 8.78. The fourth-order valence-corrected chi connectivity index (χ4v) is 6.02. The Morgan fingerprint density at radius 2 is 1.71 bits per heavy atom. The summed E-state index contributed by atoms with van der Waals surface area (Å²) in [4.78, 5) is 3.03. The molecule has 2 spiro atoms. The van der Waals surface area contributed by atoms with Crippen LogP contribution in [0.25, 0.3) is 0 Å². The van der Waals surface area contributed by atoms with E-state index in [0.29, 0.717) is 25.0 Å². The van der Waals surface area contributed by atoms with E-state index in [2.05, 4.69) is 37.9 Å². The van der Waals surface area contributed by atoms with Gasteiger partial charge in [0.15, 0.2) is 10.8 Å². The third-order valence-corrected chi connectivity index (χ3v) is 7.23. The van der Waals surface area contributed by atoms with E-state index < -0.39 is 22.2 Å². The van der Waals surface area contributed by atoms with Gasteiger partial charge in [0.25, 0.3) is 5.84 Å². The molecule has 3 N–H and O–H groups in total. The van der Waals surface area contributed by atoms with E-state index in [-0.39, 0.29) is 5.41 Å². The predicted molar refractivity (Wildman–Crippen MR) is 84.7 cm³/mol. The van der Waals surface area contributed by atoms with E-state index in [1.165, 1.54) is 0 Å². The zero-order valence-electron chi connectivity index (χ0n) is 14.6. The van der Waals surface area contributed by atoms with Crippen molar-refractivity contribution in [2.24, 2.45) is 33.3 Å². The quantitative estimate of drug-likeness (QED) is 0.669. The van der Waals surface area contributed by atoms with Crippen LogP contribution in [0.4, 0.5) is 0 Å². The van der Waals surface area contributed by atoms with Crippen LogP contribution in [0.15, 0.2) is 0 Å². The molecule has 0 radical (unpaired) electrons. The highest BCUT2D eigenvalue weighted by atomic mass is 16.8. The lowest BCUT2D eigenvalue weighted by atomic mass is 9.65. The Morgan fingerprint density at radius 1 is 1.12 bits per heavy atom. The van der Waals surface area contributed by atoms with E-state index in [9.17, 15) is 10.5 Å². The number of ether oxygens (including phenoxy) is 2. The number of nitrogens with zero attached hydrogens (tertiary/aromatic N) is 2. The maximum atomic E-state index is 10.2. The Kier molecular flexibility index (Phi) is 2.85. The minimum absolute atomic E-state index is 0.233. The Hall–Kier alpha value is -1.63. The molecule has 3 fully saturated rings. The van der Waals surface area contributed by atoms with Gasteiger partial charge in [-0.05, 0) is 37.0 Å². The van der Waals surface area contributed by atoms with Crippen molar-refractivity contribution in [3.05, 3.63) is 0 Å². The molecule has 0 unspecified atom stereocenters. The molecular formula is C18H25N4O2+. The molecular weight excluding hydrogens is 304 g/mol. The summed E-state index contributed by atoms with van der Waals surface area (Å²) in [6, 6.07) is 4.86. The maximum absolute atomic E-state index is 10.2.